The number of para-hydroxylation sites is 1. The number of anilines is 1. The third-order valence-corrected chi connectivity index (χ3v) is 2.87. The molecule has 0 aromatic heterocycles. The minimum absolute atomic E-state index is 0. The van der Waals surface area contributed by atoms with Crippen LogP contribution >= 0.6 is 12.4 Å². The third-order valence-electron chi connectivity index (χ3n) is 2.87. The van der Waals surface area contributed by atoms with Crippen LogP contribution < -0.4 is 5.32 Å². The van der Waals surface area contributed by atoms with Crippen molar-refractivity contribution in [3.63, 3.8) is 0 Å². The van der Waals surface area contributed by atoms with Crippen molar-refractivity contribution in [1.29, 1.82) is 0 Å². The molecular weight excluding hydrogens is 260 g/mol. The monoisotopic (exact) mass is 284 g/mol. The molecule has 108 valence electrons. The maximum atomic E-state index is 12.0. The van der Waals surface area contributed by atoms with Gasteiger partial charge in [0, 0.05) is 5.69 Å². The lowest BCUT2D eigenvalue weighted by atomic mass is 10.2. The first-order valence-electron chi connectivity index (χ1n) is 6.75. The second-order valence-electron chi connectivity index (χ2n) is 4.64. The number of rotatable bonds is 7. The Bertz CT molecular complexity index is 376. The van der Waals surface area contributed by atoms with Crippen LogP contribution in [0.4, 0.5) is 5.69 Å². The number of amides is 1. The van der Waals surface area contributed by atoms with Gasteiger partial charge in [0.15, 0.2) is 0 Å². The Kier molecular flexibility index (Phi) is 9.27. The second kappa shape index (κ2) is 9.82. The van der Waals surface area contributed by atoms with E-state index in [0.29, 0.717) is 6.54 Å². The van der Waals surface area contributed by atoms with Crippen molar-refractivity contribution in [3.8, 4) is 0 Å². The molecule has 1 amide bonds. The maximum Gasteiger partial charge on any atom is 0.238 e. The normalized spacial score (nSPS) is 10.1. The van der Waals surface area contributed by atoms with Crippen molar-refractivity contribution < 1.29 is 4.79 Å². The van der Waals surface area contributed by atoms with Crippen molar-refractivity contribution in [2.24, 2.45) is 0 Å². The summed E-state index contributed by atoms with van der Waals surface area (Å²) in [6, 6.07) is 7.87. The van der Waals surface area contributed by atoms with Crippen molar-refractivity contribution >= 4 is 24.0 Å². The van der Waals surface area contributed by atoms with Crippen LogP contribution in [-0.4, -0.2) is 30.4 Å². The van der Waals surface area contributed by atoms with E-state index in [1.807, 2.05) is 31.2 Å². The standard InChI is InChI=1S/C15H24N2O.ClH/c1-4-10-17(11-5-2)12-15(18)16-14-9-7-6-8-13(14)3;/h6-9H,4-5,10-12H2,1-3H3,(H,16,18);1H. The topological polar surface area (TPSA) is 32.3 Å². The average Bonchev–Trinajstić information content (AvgIpc) is 2.33. The molecule has 1 N–H and O–H groups in total. The van der Waals surface area contributed by atoms with Crippen LogP contribution in [0, 0.1) is 6.92 Å². The molecule has 0 bridgehead atoms. The molecule has 19 heavy (non-hydrogen) atoms. The van der Waals surface area contributed by atoms with Crippen molar-refractivity contribution in [3.05, 3.63) is 29.8 Å². The fraction of sp³-hybridized carbons (Fsp3) is 0.533. The highest BCUT2D eigenvalue weighted by atomic mass is 35.5. The average molecular weight is 285 g/mol. The van der Waals surface area contributed by atoms with E-state index < -0.39 is 0 Å². The lowest BCUT2D eigenvalue weighted by Gasteiger charge is -2.20. The summed E-state index contributed by atoms with van der Waals surface area (Å²) >= 11 is 0. The lowest BCUT2D eigenvalue weighted by molar-refractivity contribution is -0.117. The smallest absolute Gasteiger partial charge is 0.238 e. The molecule has 0 unspecified atom stereocenters. The molecule has 0 atom stereocenters. The number of hydrogen-bond donors (Lipinski definition) is 1. The van der Waals surface area contributed by atoms with Gasteiger partial charge in [0.05, 0.1) is 6.54 Å². The number of carbonyl (C=O) groups is 1. The maximum absolute atomic E-state index is 12.0. The summed E-state index contributed by atoms with van der Waals surface area (Å²) in [5.74, 6) is 0.0752. The molecule has 0 fully saturated rings. The molecule has 0 spiro atoms. The molecule has 1 aromatic rings. The van der Waals surface area contributed by atoms with Crippen LogP contribution in [0.3, 0.4) is 0 Å². The Labute approximate surface area is 122 Å². The predicted octanol–water partition coefficient (Wildman–Crippen LogP) is 3.48. The van der Waals surface area contributed by atoms with E-state index in [1.165, 1.54) is 0 Å². The molecule has 3 nitrogen and oxygen atoms in total. The van der Waals surface area contributed by atoms with Gasteiger partial charge in [-0.1, -0.05) is 32.0 Å². The van der Waals surface area contributed by atoms with Crippen molar-refractivity contribution in [2.45, 2.75) is 33.6 Å². The number of nitrogens with one attached hydrogen (secondary N) is 1. The summed E-state index contributed by atoms with van der Waals surface area (Å²) in [4.78, 5) is 14.2. The zero-order valence-corrected chi connectivity index (χ0v) is 12.9. The van der Waals surface area contributed by atoms with Crippen LogP contribution in [-0.2, 0) is 4.79 Å². The first-order valence-corrected chi connectivity index (χ1v) is 6.75. The summed E-state index contributed by atoms with van der Waals surface area (Å²) in [5.41, 5.74) is 2.01. The van der Waals surface area contributed by atoms with Crippen LogP contribution in [0.5, 0.6) is 0 Å². The fourth-order valence-corrected chi connectivity index (χ4v) is 2.01. The van der Waals surface area contributed by atoms with E-state index in [9.17, 15) is 4.79 Å². The van der Waals surface area contributed by atoms with Gasteiger partial charge in [-0.05, 0) is 44.5 Å². The van der Waals surface area contributed by atoms with E-state index in [-0.39, 0.29) is 18.3 Å². The molecule has 1 rings (SSSR count). The number of halogens is 1. The van der Waals surface area contributed by atoms with E-state index >= 15 is 0 Å². The van der Waals surface area contributed by atoms with Gasteiger partial charge in [0.1, 0.15) is 0 Å². The molecular formula is C15H25ClN2O. The van der Waals surface area contributed by atoms with E-state index in [0.717, 1.165) is 37.2 Å². The van der Waals surface area contributed by atoms with Crippen molar-refractivity contribution in [1.82, 2.24) is 4.90 Å². The summed E-state index contributed by atoms with van der Waals surface area (Å²) < 4.78 is 0. The van der Waals surface area contributed by atoms with Gasteiger partial charge in [-0.25, -0.2) is 0 Å². The third kappa shape index (κ3) is 6.60. The van der Waals surface area contributed by atoms with Gasteiger partial charge in [0.25, 0.3) is 0 Å². The second-order valence-corrected chi connectivity index (χ2v) is 4.64. The number of aryl methyl sites for hydroxylation is 1. The molecule has 1 aromatic carbocycles. The number of carbonyl (C=O) groups excluding carboxylic acids is 1. The number of hydrogen-bond acceptors (Lipinski definition) is 2. The van der Waals surface area contributed by atoms with Gasteiger partial charge in [-0.3, -0.25) is 9.69 Å². The Hall–Kier alpha value is -1.06. The van der Waals surface area contributed by atoms with Gasteiger partial charge in [-0.15, -0.1) is 12.4 Å². The Morgan fingerprint density at radius 3 is 2.26 bits per heavy atom. The molecule has 0 aliphatic heterocycles. The molecule has 0 aliphatic carbocycles. The zero-order chi connectivity index (χ0) is 13.4. The quantitative estimate of drug-likeness (QED) is 0.831. The molecule has 0 heterocycles. The summed E-state index contributed by atoms with van der Waals surface area (Å²) in [6.07, 6.45) is 2.16. The molecule has 0 aliphatic rings. The van der Waals surface area contributed by atoms with Crippen LogP contribution in [0.1, 0.15) is 32.3 Å². The lowest BCUT2D eigenvalue weighted by Crippen LogP contribution is -2.34. The summed E-state index contributed by atoms with van der Waals surface area (Å²) in [7, 11) is 0. The zero-order valence-electron chi connectivity index (χ0n) is 12.1. The van der Waals surface area contributed by atoms with Crippen LogP contribution in [0.2, 0.25) is 0 Å². The van der Waals surface area contributed by atoms with Crippen molar-refractivity contribution in [2.75, 3.05) is 25.0 Å². The molecule has 0 saturated carbocycles. The Morgan fingerprint density at radius 2 is 1.74 bits per heavy atom. The van der Waals surface area contributed by atoms with Crippen LogP contribution in [0.25, 0.3) is 0 Å². The predicted molar refractivity (Wildman–Crippen MR) is 84.1 cm³/mol. The van der Waals surface area contributed by atoms with E-state index in [2.05, 4.69) is 24.1 Å². The largest absolute Gasteiger partial charge is 0.325 e. The number of nitrogens with zero attached hydrogens (tertiary/aromatic N) is 1. The van der Waals surface area contributed by atoms with Gasteiger partial charge in [-0.2, -0.15) is 0 Å². The molecule has 0 radical (unpaired) electrons. The SMILES string of the molecule is CCCN(CCC)CC(=O)Nc1ccccc1C.Cl. The first kappa shape index (κ1) is 17.9. The van der Waals surface area contributed by atoms with Gasteiger partial charge >= 0.3 is 0 Å². The molecule has 4 heteroatoms. The minimum atomic E-state index is 0. The Morgan fingerprint density at radius 1 is 1.16 bits per heavy atom. The van der Waals surface area contributed by atoms with Gasteiger partial charge < -0.3 is 5.32 Å². The first-order chi connectivity index (χ1) is 8.67. The highest BCUT2D eigenvalue weighted by Crippen LogP contribution is 2.12. The Balaban J connectivity index is 0.00000324. The van der Waals surface area contributed by atoms with Gasteiger partial charge in [0.2, 0.25) is 5.91 Å². The summed E-state index contributed by atoms with van der Waals surface area (Å²) in [6.45, 7) is 8.73. The molecule has 0 saturated heterocycles. The minimum Gasteiger partial charge on any atom is -0.325 e. The van der Waals surface area contributed by atoms with E-state index in [1.54, 1.807) is 0 Å². The highest BCUT2D eigenvalue weighted by Gasteiger charge is 2.09. The number of benzene rings is 1. The highest BCUT2D eigenvalue weighted by molar-refractivity contribution is 5.92. The fourth-order valence-electron chi connectivity index (χ4n) is 2.01. The van der Waals surface area contributed by atoms with Crippen LogP contribution in [0.15, 0.2) is 24.3 Å². The van der Waals surface area contributed by atoms with E-state index in [4.69, 9.17) is 0 Å². The summed E-state index contributed by atoms with van der Waals surface area (Å²) in [5, 5.41) is 2.98.